The van der Waals surface area contributed by atoms with Crippen LogP contribution in [0.3, 0.4) is 0 Å². The van der Waals surface area contributed by atoms with Gasteiger partial charge in [0.15, 0.2) is 8.40 Å². The van der Waals surface area contributed by atoms with Crippen molar-refractivity contribution in [1.29, 1.82) is 0 Å². The van der Waals surface area contributed by atoms with Gasteiger partial charge in [0.25, 0.3) is 0 Å². The summed E-state index contributed by atoms with van der Waals surface area (Å²) < 4.78 is 0. The molecule has 6 heteroatoms. The van der Waals surface area contributed by atoms with Crippen LogP contribution >= 0.6 is 0 Å². The van der Waals surface area contributed by atoms with E-state index in [1.165, 1.54) is 0 Å². The quantitative estimate of drug-likeness (QED) is 0.509. The van der Waals surface area contributed by atoms with Crippen LogP contribution < -0.4 is 5.73 Å². The first kappa shape index (κ1) is 9.91. The van der Waals surface area contributed by atoms with Crippen molar-refractivity contribution in [1.82, 2.24) is 4.98 Å². The molecule has 0 fully saturated rings. The molecule has 0 aromatic carbocycles. The number of hydrogen-bond acceptors (Lipinski definition) is 2. The first-order chi connectivity index (χ1) is 4.30. The minimum atomic E-state index is -1.14. The van der Waals surface area contributed by atoms with Crippen LogP contribution in [0.1, 0.15) is 0 Å². The van der Waals surface area contributed by atoms with Gasteiger partial charge in [-0.2, -0.15) is 0 Å². The Morgan fingerprint density at radius 3 is 2.70 bits per heavy atom. The summed E-state index contributed by atoms with van der Waals surface area (Å²) in [5, 5.41) is 2.01. The number of amides is 1. The molecule has 10 heavy (non-hydrogen) atoms. The molecule has 1 aromatic heterocycles. The second-order valence-electron chi connectivity index (χ2n) is 1.61. The third-order valence-electron chi connectivity index (χ3n) is 0.946. The van der Waals surface area contributed by atoms with Crippen molar-refractivity contribution in [3.8, 4) is 0 Å². The SMILES string of the molecule is NC(=O)[si]1cnc[siH]c1.[LiH]. The molecule has 48 valence electrons. The van der Waals surface area contributed by atoms with Gasteiger partial charge in [-0.3, -0.25) is 9.78 Å². The zero-order valence-corrected chi connectivity index (χ0v) is 6.90. The van der Waals surface area contributed by atoms with Gasteiger partial charge in [0.1, 0.15) is 0 Å². The van der Waals surface area contributed by atoms with Crippen LogP contribution in [-0.4, -0.2) is 46.9 Å². The molecular weight excluding hydrogens is 155 g/mol. The average molecular weight is 162 g/mol. The summed E-state index contributed by atoms with van der Waals surface area (Å²) in [5.41, 5.74) is 4.85. The van der Waals surface area contributed by atoms with E-state index in [4.69, 9.17) is 5.73 Å². The second-order valence-corrected chi connectivity index (χ2v) is 5.28. The number of carbonyl (C=O) groups excluding carboxylic acids is 1. The van der Waals surface area contributed by atoms with E-state index in [0.29, 0.717) is 0 Å². The Bertz CT molecular complexity index is 218. The van der Waals surface area contributed by atoms with E-state index in [1.54, 1.807) is 5.81 Å². The van der Waals surface area contributed by atoms with Gasteiger partial charge in [-0.1, -0.05) is 5.29 Å². The summed E-state index contributed by atoms with van der Waals surface area (Å²) in [4.78, 5) is 14.4. The van der Waals surface area contributed by atoms with Crippen LogP contribution in [0.25, 0.3) is 0 Å². The molecule has 0 unspecified atom stereocenters. The maximum atomic E-state index is 10.5. The predicted octanol–water partition coefficient (Wildman–Crippen LogP) is -1.54. The van der Waals surface area contributed by atoms with E-state index in [2.05, 4.69) is 4.98 Å². The molecule has 0 spiro atoms. The van der Waals surface area contributed by atoms with Crippen LogP contribution in [0.15, 0.2) is 16.9 Å². The maximum absolute atomic E-state index is 10.5. The van der Waals surface area contributed by atoms with E-state index < -0.39 is 8.40 Å². The first-order valence-electron chi connectivity index (χ1n) is 2.50. The van der Waals surface area contributed by atoms with E-state index in [1.807, 2.05) is 11.1 Å². The molecule has 0 saturated heterocycles. The molecule has 0 atom stereocenters. The predicted molar refractivity (Wildman–Crippen MR) is 45.1 cm³/mol. The third kappa shape index (κ3) is 2.66. The van der Waals surface area contributed by atoms with Crippen molar-refractivity contribution < 1.29 is 4.79 Å². The standard InChI is InChI=1S/C4H6N2OSi2.Li.H/c5-4(7)9-2-6-1-8-3-9;;/h1-3,8H,(H2,5,7);;. The van der Waals surface area contributed by atoms with Crippen molar-refractivity contribution in [3.63, 3.8) is 0 Å². The average Bonchev–Trinajstić information content (AvgIpc) is 1.90. The first-order valence-corrected chi connectivity index (χ1v) is 5.49. The van der Waals surface area contributed by atoms with Crippen molar-refractivity contribution in [3.05, 3.63) is 16.9 Å². The molecule has 0 radical (unpaired) electrons. The van der Waals surface area contributed by atoms with Crippen LogP contribution in [0.5, 0.6) is 0 Å². The molecule has 1 heterocycles. The molecule has 1 amide bonds. The van der Waals surface area contributed by atoms with Gasteiger partial charge in [-0.25, -0.2) is 0 Å². The number of rotatable bonds is 1. The van der Waals surface area contributed by atoms with Crippen LogP contribution in [0.2, 0.25) is 0 Å². The van der Waals surface area contributed by atoms with Gasteiger partial charge in [0, 0.05) is 20.7 Å². The summed E-state index contributed by atoms with van der Waals surface area (Å²) in [5.74, 6) is 3.51. The van der Waals surface area contributed by atoms with Crippen LogP contribution in [-0.2, 0) is 0 Å². The van der Waals surface area contributed by atoms with Crippen LogP contribution in [0.4, 0.5) is 4.79 Å². The summed E-state index contributed by atoms with van der Waals surface area (Å²) in [7, 11) is -0.994. The Labute approximate surface area is 74.5 Å². The molecule has 1 rings (SSSR count). The second kappa shape index (κ2) is 4.68. The fraction of sp³-hybridized carbons (Fsp3) is 0. The minimum absolute atomic E-state index is 0. The van der Waals surface area contributed by atoms with E-state index in [-0.39, 0.29) is 33.5 Å². The Hall–Kier alpha value is -0.0888. The van der Waals surface area contributed by atoms with Gasteiger partial charge in [-0.05, 0) is 0 Å². The zero-order valence-electron chi connectivity index (χ0n) is 4.74. The molecule has 1 aromatic rings. The molecule has 2 N–H and O–H groups in total. The van der Waals surface area contributed by atoms with E-state index in [9.17, 15) is 4.79 Å². The number of hydrogen-bond donors (Lipinski definition) is 1. The normalized spacial score (nSPS) is 8.00. The molecule has 3 nitrogen and oxygen atoms in total. The van der Waals surface area contributed by atoms with Gasteiger partial charge < -0.3 is 5.73 Å². The summed E-state index contributed by atoms with van der Waals surface area (Å²) in [6.07, 6.45) is 0. The van der Waals surface area contributed by atoms with Gasteiger partial charge in [-0.15, -0.1) is 0 Å². The molecule has 0 aliphatic rings. The number of nitrogens with zero attached hydrogens (tertiary/aromatic N) is 1. The number of aromatic nitrogens is 1. The van der Waals surface area contributed by atoms with Crippen LogP contribution in [0, 0.1) is 0 Å². The molecule has 0 saturated carbocycles. The summed E-state index contributed by atoms with van der Waals surface area (Å²) in [6, 6.07) is 0. The van der Waals surface area contributed by atoms with Crippen molar-refractivity contribution >= 4 is 41.9 Å². The Kier molecular flexibility index (Phi) is 4.64. The monoisotopic (exact) mass is 162 g/mol. The number of carbonyl (C=O) groups is 1. The Morgan fingerprint density at radius 1 is 1.70 bits per heavy atom. The zero-order chi connectivity index (χ0) is 6.69. The Morgan fingerprint density at radius 2 is 2.40 bits per heavy atom. The fourth-order valence-corrected chi connectivity index (χ4v) is 3.41. The number of primary amides is 1. The summed E-state index contributed by atoms with van der Waals surface area (Å²) in [6.45, 7) is 0. The van der Waals surface area contributed by atoms with Gasteiger partial charge in [0.2, 0.25) is 5.53 Å². The third-order valence-corrected chi connectivity index (χ3v) is 4.49. The van der Waals surface area contributed by atoms with Crippen molar-refractivity contribution in [2.45, 2.75) is 0 Å². The number of nitrogens with two attached hydrogens (primary N) is 1. The topological polar surface area (TPSA) is 56.0 Å². The Balaban J connectivity index is 0.000000810. The van der Waals surface area contributed by atoms with Crippen molar-refractivity contribution in [2.75, 3.05) is 0 Å². The van der Waals surface area contributed by atoms with E-state index in [0.717, 1.165) is 0 Å². The van der Waals surface area contributed by atoms with E-state index >= 15 is 0 Å². The fourth-order valence-electron chi connectivity index (χ4n) is 0.509. The van der Waals surface area contributed by atoms with Crippen molar-refractivity contribution in [2.24, 2.45) is 5.73 Å². The van der Waals surface area contributed by atoms with Gasteiger partial charge in [0.05, 0.1) is 0 Å². The molecular formula is C4H7LiN2OSi2. The molecule has 0 bridgehead atoms. The molecule has 0 aliphatic carbocycles. The van der Waals surface area contributed by atoms with Gasteiger partial charge >= 0.3 is 18.9 Å². The summed E-state index contributed by atoms with van der Waals surface area (Å²) >= 11 is 0. The molecule has 0 aliphatic heterocycles.